The van der Waals surface area contributed by atoms with Gasteiger partial charge in [0.2, 0.25) is 21.8 Å². The highest BCUT2D eigenvalue weighted by atomic mass is 32.2. The molecule has 35 heavy (non-hydrogen) atoms. The normalized spacial score (nSPS) is 13.1. The van der Waals surface area contributed by atoms with Crippen LogP contribution in [0, 0.1) is 11.6 Å². The molecule has 0 unspecified atom stereocenters. The van der Waals surface area contributed by atoms with Gasteiger partial charge in [0, 0.05) is 31.1 Å². The van der Waals surface area contributed by atoms with Crippen molar-refractivity contribution < 1.29 is 26.8 Å². The van der Waals surface area contributed by atoms with Crippen LogP contribution in [0.15, 0.2) is 48.5 Å². The van der Waals surface area contributed by atoms with Gasteiger partial charge in [-0.1, -0.05) is 37.3 Å². The van der Waals surface area contributed by atoms with Crippen LogP contribution in [0.1, 0.15) is 45.6 Å². The number of benzene rings is 2. The van der Waals surface area contributed by atoms with E-state index in [0.717, 1.165) is 16.6 Å². The maximum atomic E-state index is 14.3. The third-order valence-electron chi connectivity index (χ3n) is 5.74. The van der Waals surface area contributed by atoms with Crippen molar-refractivity contribution in [3.63, 3.8) is 0 Å². The van der Waals surface area contributed by atoms with Gasteiger partial charge >= 0.3 is 0 Å². The summed E-state index contributed by atoms with van der Waals surface area (Å²) in [6.45, 7) is 5.08. The maximum Gasteiger partial charge on any atom is 0.242 e. The SMILES string of the molecule is CC[C@@H](C)NC(=O)[C@H](C)N(Cc1ccccc1F)C(=O)CCCN(c1ccccc1F)S(C)(=O)=O. The molecule has 10 heteroatoms. The first-order chi connectivity index (χ1) is 16.5. The molecule has 0 saturated carbocycles. The zero-order valence-electron chi connectivity index (χ0n) is 20.5. The van der Waals surface area contributed by atoms with E-state index in [2.05, 4.69) is 5.32 Å². The third-order valence-corrected chi connectivity index (χ3v) is 6.92. The largest absolute Gasteiger partial charge is 0.352 e. The summed E-state index contributed by atoms with van der Waals surface area (Å²) in [4.78, 5) is 27.2. The van der Waals surface area contributed by atoms with E-state index in [-0.39, 0.29) is 49.1 Å². The van der Waals surface area contributed by atoms with Gasteiger partial charge in [0.05, 0.1) is 11.9 Å². The Balaban J connectivity index is 2.20. The molecule has 0 bridgehead atoms. The molecule has 2 rings (SSSR count). The summed E-state index contributed by atoms with van der Waals surface area (Å²) in [5.74, 6) is -2.00. The van der Waals surface area contributed by atoms with Gasteiger partial charge in [0.25, 0.3) is 0 Å². The van der Waals surface area contributed by atoms with Crippen LogP contribution < -0.4 is 9.62 Å². The Labute approximate surface area is 206 Å². The Bertz CT molecular complexity index is 1130. The lowest BCUT2D eigenvalue weighted by Crippen LogP contribution is -2.49. The number of carbonyl (C=O) groups excluding carboxylic acids is 2. The van der Waals surface area contributed by atoms with Gasteiger partial charge in [-0.15, -0.1) is 0 Å². The van der Waals surface area contributed by atoms with Crippen molar-refractivity contribution in [2.24, 2.45) is 0 Å². The summed E-state index contributed by atoms with van der Waals surface area (Å²) in [6.07, 6.45) is 1.63. The molecule has 0 radical (unpaired) electrons. The van der Waals surface area contributed by atoms with Crippen LogP contribution >= 0.6 is 0 Å². The summed E-state index contributed by atoms with van der Waals surface area (Å²) >= 11 is 0. The third kappa shape index (κ3) is 8.02. The minimum absolute atomic E-state index is 0.0771. The average molecular weight is 510 g/mol. The number of carbonyl (C=O) groups is 2. The van der Waals surface area contributed by atoms with E-state index in [1.54, 1.807) is 19.1 Å². The number of rotatable bonds is 12. The van der Waals surface area contributed by atoms with Crippen LogP contribution in [0.25, 0.3) is 0 Å². The van der Waals surface area contributed by atoms with Gasteiger partial charge in [0.15, 0.2) is 0 Å². The highest BCUT2D eigenvalue weighted by molar-refractivity contribution is 7.92. The first kappa shape index (κ1) is 28.2. The van der Waals surface area contributed by atoms with E-state index in [0.29, 0.717) is 6.42 Å². The predicted molar refractivity (Wildman–Crippen MR) is 132 cm³/mol. The summed E-state index contributed by atoms with van der Waals surface area (Å²) in [5, 5.41) is 2.83. The number of anilines is 1. The maximum absolute atomic E-state index is 14.3. The van der Waals surface area contributed by atoms with Gasteiger partial charge < -0.3 is 10.2 Å². The Morgan fingerprint density at radius 3 is 2.17 bits per heavy atom. The molecule has 0 aromatic heterocycles. The molecular weight excluding hydrogens is 476 g/mol. The monoisotopic (exact) mass is 509 g/mol. The lowest BCUT2D eigenvalue weighted by Gasteiger charge is -2.30. The molecule has 7 nitrogen and oxygen atoms in total. The Hall–Kier alpha value is -3.01. The molecule has 2 atom stereocenters. The number of hydrogen-bond acceptors (Lipinski definition) is 4. The first-order valence-electron chi connectivity index (χ1n) is 11.5. The van der Waals surface area contributed by atoms with E-state index in [9.17, 15) is 26.8 Å². The van der Waals surface area contributed by atoms with Crippen molar-refractivity contribution >= 4 is 27.5 Å². The van der Waals surface area contributed by atoms with Gasteiger partial charge in [-0.2, -0.15) is 0 Å². The number of nitrogens with one attached hydrogen (secondary N) is 1. The highest BCUT2D eigenvalue weighted by Crippen LogP contribution is 2.22. The lowest BCUT2D eigenvalue weighted by molar-refractivity contribution is -0.141. The molecule has 2 aromatic rings. The number of nitrogens with zero attached hydrogens (tertiary/aromatic N) is 2. The number of para-hydroxylation sites is 1. The fraction of sp³-hybridized carbons (Fsp3) is 0.440. The fourth-order valence-corrected chi connectivity index (χ4v) is 4.46. The van der Waals surface area contributed by atoms with Crippen LogP contribution in [-0.2, 0) is 26.2 Å². The first-order valence-corrected chi connectivity index (χ1v) is 13.4. The molecular formula is C25H33F2N3O4S. The van der Waals surface area contributed by atoms with Crippen molar-refractivity contribution in [3.05, 3.63) is 65.7 Å². The number of amides is 2. The molecule has 0 aliphatic heterocycles. The van der Waals surface area contributed by atoms with Crippen molar-refractivity contribution in [2.45, 2.75) is 58.7 Å². The van der Waals surface area contributed by atoms with Crippen molar-refractivity contribution in [3.8, 4) is 0 Å². The molecule has 2 aromatic carbocycles. The van der Waals surface area contributed by atoms with Gasteiger partial charge in [0.1, 0.15) is 17.7 Å². The summed E-state index contributed by atoms with van der Waals surface area (Å²) in [6, 6.07) is 10.5. The van der Waals surface area contributed by atoms with Crippen LogP contribution in [0.4, 0.5) is 14.5 Å². The summed E-state index contributed by atoms with van der Waals surface area (Å²) in [5.41, 5.74) is 0.153. The molecule has 0 saturated heterocycles. The zero-order chi connectivity index (χ0) is 26.2. The number of halogens is 2. The van der Waals surface area contributed by atoms with Gasteiger partial charge in [-0.3, -0.25) is 13.9 Å². The smallest absolute Gasteiger partial charge is 0.242 e. The Morgan fingerprint density at radius 2 is 1.60 bits per heavy atom. The van der Waals surface area contributed by atoms with Crippen LogP contribution in [0.2, 0.25) is 0 Å². The van der Waals surface area contributed by atoms with E-state index >= 15 is 0 Å². The fourth-order valence-electron chi connectivity index (χ4n) is 3.49. The van der Waals surface area contributed by atoms with E-state index in [1.165, 1.54) is 35.2 Å². The van der Waals surface area contributed by atoms with Crippen molar-refractivity contribution in [1.29, 1.82) is 0 Å². The summed E-state index contributed by atoms with van der Waals surface area (Å²) < 4.78 is 54.0. The minimum Gasteiger partial charge on any atom is -0.352 e. The summed E-state index contributed by atoms with van der Waals surface area (Å²) in [7, 11) is -3.80. The topological polar surface area (TPSA) is 86.8 Å². The molecule has 2 amide bonds. The van der Waals surface area contributed by atoms with E-state index < -0.39 is 33.6 Å². The molecule has 0 heterocycles. The number of sulfonamides is 1. The second kappa shape index (κ2) is 12.6. The molecule has 0 aliphatic carbocycles. The Morgan fingerprint density at radius 1 is 1.00 bits per heavy atom. The van der Waals surface area contributed by atoms with Crippen LogP contribution in [0.3, 0.4) is 0 Å². The number of hydrogen-bond donors (Lipinski definition) is 1. The van der Waals surface area contributed by atoms with E-state index in [4.69, 9.17) is 0 Å². The minimum atomic E-state index is -3.80. The standard InChI is InChI=1S/C25H33F2N3O4S/c1-5-18(2)28-25(32)19(3)29(17-20-11-6-7-12-21(20)26)24(31)15-10-16-30(35(4,33)34)23-14-9-8-13-22(23)27/h6-9,11-14,18-19H,5,10,15-17H2,1-4H3,(H,28,32)/t18-,19+/m1/s1. The average Bonchev–Trinajstić information content (AvgIpc) is 2.80. The Kier molecular flexibility index (Phi) is 10.2. The predicted octanol–water partition coefficient (Wildman–Crippen LogP) is 3.84. The zero-order valence-corrected chi connectivity index (χ0v) is 21.3. The van der Waals surface area contributed by atoms with Crippen molar-refractivity contribution in [2.75, 3.05) is 17.1 Å². The molecule has 0 fully saturated rings. The van der Waals surface area contributed by atoms with Gasteiger partial charge in [-0.25, -0.2) is 17.2 Å². The quantitative estimate of drug-likeness (QED) is 0.471. The highest BCUT2D eigenvalue weighted by Gasteiger charge is 2.28. The second-order valence-corrected chi connectivity index (χ2v) is 10.4. The lowest BCUT2D eigenvalue weighted by atomic mass is 10.1. The van der Waals surface area contributed by atoms with Crippen molar-refractivity contribution in [1.82, 2.24) is 10.2 Å². The molecule has 0 aliphatic rings. The molecule has 192 valence electrons. The van der Waals surface area contributed by atoms with Crippen LogP contribution in [0.5, 0.6) is 0 Å². The molecule has 0 spiro atoms. The van der Waals surface area contributed by atoms with Crippen LogP contribution in [-0.4, -0.2) is 50.0 Å². The second-order valence-electron chi connectivity index (χ2n) is 8.50. The van der Waals surface area contributed by atoms with E-state index in [1.807, 2.05) is 13.8 Å². The molecule has 1 N–H and O–H groups in total. The van der Waals surface area contributed by atoms with Gasteiger partial charge in [-0.05, 0) is 44.9 Å².